The second-order valence-electron chi connectivity index (χ2n) is 7.10. The van der Waals surface area contributed by atoms with Gasteiger partial charge in [-0.1, -0.05) is 23.6 Å². The summed E-state index contributed by atoms with van der Waals surface area (Å²) in [5, 5.41) is 0. The number of rotatable bonds is 4. The van der Waals surface area contributed by atoms with Crippen LogP contribution in [-0.2, 0) is 20.4 Å². The van der Waals surface area contributed by atoms with Crippen molar-refractivity contribution in [2.24, 2.45) is 0 Å². The Morgan fingerprint density at radius 3 is 2.97 bits per heavy atom. The van der Waals surface area contributed by atoms with Crippen LogP contribution in [0.3, 0.4) is 0 Å². The van der Waals surface area contributed by atoms with Crippen LogP contribution in [0.5, 0.6) is 5.75 Å². The molecule has 0 radical (unpaired) electrons. The van der Waals surface area contributed by atoms with Crippen molar-refractivity contribution in [1.29, 1.82) is 0 Å². The van der Waals surface area contributed by atoms with Gasteiger partial charge in [-0.3, -0.25) is 23.4 Å². The highest BCUT2D eigenvalue weighted by atomic mass is 31.2. The van der Waals surface area contributed by atoms with Crippen molar-refractivity contribution in [3.05, 3.63) is 61.4 Å². The van der Waals surface area contributed by atoms with Gasteiger partial charge in [0.25, 0.3) is 5.56 Å². The van der Waals surface area contributed by atoms with Crippen LogP contribution in [0, 0.1) is 26.2 Å². The number of aromatic amines is 1. The molecule has 29 heavy (non-hydrogen) atoms. The van der Waals surface area contributed by atoms with Gasteiger partial charge in [0.1, 0.15) is 17.5 Å². The van der Waals surface area contributed by atoms with Gasteiger partial charge in [0.05, 0.1) is 19.3 Å². The first-order valence-electron chi connectivity index (χ1n) is 9.26. The summed E-state index contributed by atoms with van der Waals surface area (Å²) >= 11 is 0. The second-order valence-corrected chi connectivity index (χ2v) is 8.24. The van der Waals surface area contributed by atoms with Crippen molar-refractivity contribution in [3.8, 4) is 18.1 Å². The fraction of sp³-hybridized carbons (Fsp3) is 0.400. The number of hydrogen-bond donors (Lipinski definition) is 1. The van der Waals surface area contributed by atoms with Crippen molar-refractivity contribution in [3.63, 3.8) is 0 Å². The van der Waals surface area contributed by atoms with Gasteiger partial charge in [-0.05, 0) is 32.3 Å². The zero-order chi connectivity index (χ0) is 20.5. The molecule has 3 heterocycles. The predicted octanol–water partition coefficient (Wildman–Crippen LogP) is 2.67. The fourth-order valence-electron chi connectivity index (χ4n) is 3.53. The summed E-state index contributed by atoms with van der Waals surface area (Å²) in [7, 11) is -1.51. The molecule has 8 nitrogen and oxygen atoms in total. The van der Waals surface area contributed by atoms with Crippen molar-refractivity contribution in [2.75, 3.05) is 6.61 Å². The molecule has 1 N–H and O–H groups in total. The van der Waals surface area contributed by atoms with Gasteiger partial charge in [0.2, 0.25) is 0 Å². The van der Waals surface area contributed by atoms with E-state index in [1.54, 1.807) is 0 Å². The molecule has 0 spiro atoms. The summed E-state index contributed by atoms with van der Waals surface area (Å²) in [6.07, 6.45) is 7.23. The lowest BCUT2D eigenvalue weighted by molar-refractivity contribution is -0.0229. The molecule has 0 aliphatic carbocycles. The summed E-state index contributed by atoms with van der Waals surface area (Å²) < 4.78 is 24.6. The molecule has 1 aromatic heterocycles. The molecule has 0 amide bonds. The summed E-state index contributed by atoms with van der Waals surface area (Å²) in [5.41, 5.74) is 2.20. The molecule has 1 fully saturated rings. The zero-order valence-corrected chi connectivity index (χ0v) is 17.0. The van der Waals surface area contributed by atoms with Crippen LogP contribution in [0.1, 0.15) is 41.3 Å². The molecule has 152 valence electrons. The van der Waals surface area contributed by atoms with Crippen LogP contribution in [0.4, 0.5) is 0 Å². The number of benzene rings is 1. The Morgan fingerprint density at radius 2 is 2.17 bits per heavy atom. The Kier molecular flexibility index (Phi) is 5.57. The Labute approximate surface area is 168 Å². The van der Waals surface area contributed by atoms with E-state index in [1.165, 1.54) is 10.8 Å². The van der Waals surface area contributed by atoms with E-state index in [-0.39, 0.29) is 18.3 Å². The van der Waals surface area contributed by atoms with Gasteiger partial charge in [-0.25, -0.2) is 4.79 Å². The van der Waals surface area contributed by atoms with Crippen molar-refractivity contribution in [2.45, 2.75) is 45.6 Å². The normalized spacial score (nSPS) is 23.3. The summed E-state index contributed by atoms with van der Waals surface area (Å²) in [5.74, 6) is 3.09. The lowest BCUT2D eigenvalue weighted by Crippen LogP contribution is -2.33. The first-order valence-corrected chi connectivity index (χ1v) is 10.4. The highest BCUT2D eigenvalue weighted by Gasteiger charge is 2.31. The van der Waals surface area contributed by atoms with Crippen molar-refractivity contribution < 1.29 is 18.3 Å². The Hall–Kier alpha value is -2.43. The van der Waals surface area contributed by atoms with Gasteiger partial charge in [0, 0.05) is 11.8 Å². The van der Waals surface area contributed by atoms with E-state index in [1.807, 2.05) is 19.9 Å². The minimum absolute atomic E-state index is 0.0876. The molecule has 3 unspecified atom stereocenters. The Balaban J connectivity index is 1.36. The summed E-state index contributed by atoms with van der Waals surface area (Å²) in [6, 6.07) is 4.11. The average molecular weight is 416 g/mol. The molecule has 4 rings (SSSR count). The molecule has 2 aliphatic rings. The van der Waals surface area contributed by atoms with Crippen LogP contribution < -0.4 is 15.8 Å². The van der Waals surface area contributed by atoms with Crippen LogP contribution in [0.25, 0.3) is 0 Å². The van der Waals surface area contributed by atoms with Gasteiger partial charge >= 0.3 is 14.3 Å². The molecule has 1 aromatic carbocycles. The van der Waals surface area contributed by atoms with Crippen LogP contribution >= 0.6 is 8.60 Å². The van der Waals surface area contributed by atoms with Gasteiger partial charge in [-0.15, -0.1) is 6.42 Å². The van der Waals surface area contributed by atoms with E-state index in [4.69, 9.17) is 24.7 Å². The van der Waals surface area contributed by atoms with Crippen LogP contribution in [-0.4, -0.2) is 22.3 Å². The number of aromatic nitrogens is 2. The third-order valence-corrected chi connectivity index (χ3v) is 5.90. The highest BCUT2D eigenvalue weighted by Crippen LogP contribution is 2.49. The van der Waals surface area contributed by atoms with E-state index in [2.05, 4.69) is 17.0 Å². The number of aryl methyl sites for hydroxylation is 2. The SMILES string of the molecule is C#Cc1cn(C2CCC(COP3OCc4cc(C)cc(C)c4O3)O2)c(=O)[nH]c1=O. The molecule has 2 aliphatic heterocycles. The maximum absolute atomic E-state index is 12.1. The highest BCUT2D eigenvalue weighted by molar-refractivity contribution is 7.42. The third-order valence-electron chi connectivity index (χ3n) is 4.87. The van der Waals surface area contributed by atoms with Crippen molar-refractivity contribution >= 4 is 8.60 Å². The maximum atomic E-state index is 12.1. The van der Waals surface area contributed by atoms with Gasteiger partial charge in [0.15, 0.2) is 0 Å². The molecular weight excluding hydrogens is 395 g/mol. The number of H-pyrrole nitrogens is 1. The van der Waals surface area contributed by atoms with Crippen LogP contribution in [0.2, 0.25) is 0 Å². The number of fused-ring (bicyclic) bond motifs is 1. The molecule has 2 aromatic rings. The zero-order valence-electron chi connectivity index (χ0n) is 16.1. The lowest BCUT2D eigenvalue weighted by Gasteiger charge is -2.26. The first kappa shape index (κ1) is 19.9. The van der Waals surface area contributed by atoms with Crippen LogP contribution in [0.15, 0.2) is 27.9 Å². The van der Waals surface area contributed by atoms with Gasteiger partial charge in [-0.2, -0.15) is 0 Å². The van der Waals surface area contributed by atoms with E-state index >= 15 is 0 Å². The molecule has 9 heteroatoms. The van der Waals surface area contributed by atoms with E-state index < -0.39 is 26.1 Å². The summed E-state index contributed by atoms with van der Waals surface area (Å²) in [6.45, 7) is 4.76. The topological polar surface area (TPSA) is 91.8 Å². The molecule has 0 bridgehead atoms. The van der Waals surface area contributed by atoms with E-state index in [9.17, 15) is 9.59 Å². The van der Waals surface area contributed by atoms with E-state index in [0.29, 0.717) is 19.4 Å². The monoisotopic (exact) mass is 416 g/mol. The number of nitrogens with zero attached hydrogens (tertiary/aromatic N) is 1. The average Bonchev–Trinajstić information content (AvgIpc) is 3.15. The predicted molar refractivity (Wildman–Crippen MR) is 107 cm³/mol. The number of ether oxygens (including phenoxy) is 1. The smallest absolute Gasteiger partial charge is 0.397 e. The third kappa shape index (κ3) is 4.14. The summed E-state index contributed by atoms with van der Waals surface area (Å²) in [4.78, 5) is 25.9. The second kappa shape index (κ2) is 8.13. The molecular formula is C20H21N2O6P. The first-order chi connectivity index (χ1) is 13.9. The number of terminal acetylenes is 1. The molecule has 0 saturated carbocycles. The lowest BCUT2D eigenvalue weighted by atomic mass is 10.1. The minimum atomic E-state index is -1.51. The fourth-order valence-corrected chi connectivity index (χ4v) is 4.65. The minimum Gasteiger partial charge on any atom is -0.426 e. The quantitative estimate of drug-likeness (QED) is 0.609. The standard InChI is InChI=1S/C20H21N2O6P/c1-4-14-9-22(20(24)21-19(14)23)17-6-5-16(27-17)11-26-29-25-10-15-8-12(2)7-13(3)18(15)28-29/h1,7-9,16-17H,5-6,10-11H2,2-3H3,(H,21,23,24). The number of hydrogen-bond acceptors (Lipinski definition) is 6. The van der Waals surface area contributed by atoms with Crippen molar-refractivity contribution in [1.82, 2.24) is 9.55 Å². The maximum Gasteiger partial charge on any atom is 0.397 e. The molecule has 3 atom stereocenters. The Bertz CT molecular complexity index is 1090. The largest absolute Gasteiger partial charge is 0.426 e. The number of nitrogens with one attached hydrogen (secondary N) is 1. The Morgan fingerprint density at radius 1 is 1.34 bits per heavy atom. The molecule has 1 saturated heterocycles. The van der Waals surface area contributed by atoms with Gasteiger partial charge < -0.3 is 9.26 Å². The van der Waals surface area contributed by atoms with E-state index in [0.717, 1.165) is 22.4 Å².